The Hall–Kier alpha value is -1.42. The number of phenolic OH excluding ortho intramolecular Hbond substituents is 1. The SMILES string of the molecule is Cc1cc(F)c(C(=O)CCN)cc1O. The number of hydrogen-bond acceptors (Lipinski definition) is 3. The quantitative estimate of drug-likeness (QED) is 0.719. The second-order valence-electron chi connectivity index (χ2n) is 3.08. The van der Waals surface area contributed by atoms with Gasteiger partial charge in [0.25, 0.3) is 0 Å². The van der Waals surface area contributed by atoms with Crippen LogP contribution in [0.4, 0.5) is 4.39 Å². The molecule has 1 aromatic rings. The summed E-state index contributed by atoms with van der Waals surface area (Å²) in [6, 6.07) is 2.28. The standard InChI is InChI=1S/C10H12FNO2/c1-6-4-8(11)7(5-10(6)14)9(13)2-3-12/h4-5,14H,2-3,12H2,1H3. The van der Waals surface area contributed by atoms with Gasteiger partial charge in [-0.15, -0.1) is 0 Å². The zero-order valence-corrected chi connectivity index (χ0v) is 7.88. The molecule has 76 valence electrons. The van der Waals surface area contributed by atoms with Crippen LogP contribution in [-0.2, 0) is 0 Å². The van der Waals surface area contributed by atoms with Gasteiger partial charge in [0.05, 0.1) is 5.56 Å². The highest BCUT2D eigenvalue weighted by atomic mass is 19.1. The van der Waals surface area contributed by atoms with Gasteiger partial charge in [-0.05, 0) is 31.2 Å². The van der Waals surface area contributed by atoms with Crippen molar-refractivity contribution in [2.24, 2.45) is 5.73 Å². The molecule has 0 saturated heterocycles. The summed E-state index contributed by atoms with van der Waals surface area (Å²) in [6.45, 7) is 1.74. The predicted octanol–water partition coefficient (Wildman–Crippen LogP) is 1.37. The molecule has 0 aliphatic rings. The van der Waals surface area contributed by atoms with E-state index in [9.17, 15) is 14.3 Å². The number of Topliss-reactive ketones (excluding diaryl/α,β-unsaturated/α-hetero) is 1. The summed E-state index contributed by atoms with van der Waals surface area (Å²) in [5.74, 6) is -1.08. The lowest BCUT2D eigenvalue weighted by atomic mass is 10.0. The van der Waals surface area contributed by atoms with Crippen LogP contribution in [0, 0.1) is 12.7 Å². The minimum atomic E-state index is -0.612. The normalized spacial score (nSPS) is 10.2. The number of rotatable bonds is 3. The van der Waals surface area contributed by atoms with Crippen LogP contribution in [0.5, 0.6) is 5.75 Å². The summed E-state index contributed by atoms with van der Waals surface area (Å²) < 4.78 is 13.2. The Labute approximate surface area is 81.4 Å². The molecule has 3 N–H and O–H groups in total. The lowest BCUT2D eigenvalue weighted by Gasteiger charge is -2.04. The van der Waals surface area contributed by atoms with Gasteiger partial charge in [-0.1, -0.05) is 0 Å². The summed E-state index contributed by atoms with van der Waals surface area (Å²) >= 11 is 0. The lowest BCUT2D eigenvalue weighted by Crippen LogP contribution is -2.09. The van der Waals surface area contributed by atoms with E-state index in [-0.39, 0.29) is 30.1 Å². The average molecular weight is 197 g/mol. The van der Waals surface area contributed by atoms with Crippen molar-refractivity contribution in [1.82, 2.24) is 0 Å². The topological polar surface area (TPSA) is 63.3 Å². The Morgan fingerprint density at radius 1 is 1.57 bits per heavy atom. The van der Waals surface area contributed by atoms with Crippen LogP contribution in [0.15, 0.2) is 12.1 Å². The summed E-state index contributed by atoms with van der Waals surface area (Å²) in [6.07, 6.45) is 0.0828. The summed E-state index contributed by atoms with van der Waals surface area (Å²) in [4.78, 5) is 11.3. The van der Waals surface area contributed by atoms with Crippen LogP contribution >= 0.6 is 0 Å². The zero-order chi connectivity index (χ0) is 10.7. The Morgan fingerprint density at radius 2 is 2.21 bits per heavy atom. The van der Waals surface area contributed by atoms with Crippen molar-refractivity contribution in [1.29, 1.82) is 0 Å². The number of nitrogens with two attached hydrogens (primary N) is 1. The minimum Gasteiger partial charge on any atom is -0.508 e. The van der Waals surface area contributed by atoms with E-state index in [0.29, 0.717) is 5.56 Å². The van der Waals surface area contributed by atoms with Gasteiger partial charge in [0.2, 0.25) is 0 Å². The van der Waals surface area contributed by atoms with Crippen molar-refractivity contribution in [3.8, 4) is 5.75 Å². The third-order valence-corrected chi connectivity index (χ3v) is 1.96. The predicted molar refractivity (Wildman–Crippen MR) is 50.8 cm³/mol. The molecule has 14 heavy (non-hydrogen) atoms. The van der Waals surface area contributed by atoms with Gasteiger partial charge in [-0.25, -0.2) is 4.39 Å². The van der Waals surface area contributed by atoms with Gasteiger partial charge in [0.15, 0.2) is 5.78 Å². The number of benzene rings is 1. The van der Waals surface area contributed by atoms with Gasteiger partial charge in [-0.3, -0.25) is 4.79 Å². The van der Waals surface area contributed by atoms with Crippen LogP contribution < -0.4 is 5.73 Å². The molecule has 3 nitrogen and oxygen atoms in total. The van der Waals surface area contributed by atoms with Crippen LogP contribution in [-0.4, -0.2) is 17.4 Å². The van der Waals surface area contributed by atoms with E-state index in [2.05, 4.69) is 0 Å². The molecule has 0 bridgehead atoms. The van der Waals surface area contributed by atoms with Gasteiger partial charge < -0.3 is 10.8 Å². The molecule has 0 radical (unpaired) electrons. The highest BCUT2D eigenvalue weighted by Crippen LogP contribution is 2.21. The molecule has 1 aromatic carbocycles. The van der Waals surface area contributed by atoms with E-state index < -0.39 is 5.82 Å². The zero-order valence-electron chi connectivity index (χ0n) is 7.88. The number of phenols is 1. The van der Waals surface area contributed by atoms with E-state index >= 15 is 0 Å². The van der Waals surface area contributed by atoms with Gasteiger partial charge >= 0.3 is 0 Å². The smallest absolute Gasteiger partial charge is 0.167 e. The molecule has 0 heterocycles. The van der Waals surface area contributed by atoms with E-state index in [0.717, 1.165) is 12.1 Å². The molecule has 0 spiro atoms. The largest absolute Gasteiger partial charge is 0.508 e. The monoisotopic (exact) mass is 197 g/mol. The summed E-state index contributed by atoms with van der Waals surface area (Å²) in [7, 11) is 0. The first-order chi connectivity index (χ1) is 6.56. The van der Waals surface area contributed by atoms with E-state index in [4.69, 9.17) is 5.73 Å². The van der Waals surface area contributed by atoms with Crippen molar-refractivity contribution in [3.63, 3.8) is 0 Å². The summed E-state index contributed by atoms with van der Waals surface area (Å²) in [5, 5.41) is 9.29. The molecule has 0 atom stereocenters. The highest BCUT2D eigenvalue weighted by molar-refractivity contribution is 5.96. The number of hydrogen-bond donors (Lipinski definition) is 2. The first-order valence-corrected chi connectivity index (χ1v) is 4.28. The van der Waals surface area contributed by atoms with Crippen molar-refractivity contribution in [2.45, 2.75) is 13.3 Å². The average Bonchev–Trinajstić information content (AvgIpc) is 2.11. The minimum absolute atomic E-state index is 0.0771. The van der Waals surface area contributed by atoms with Gasteiger partial charge in [0.1, 0.15) is 11.6 Å². The number of halogens is 1. The molecular weight excluding hydrogens is 185 g/mol. The number of carbonyl (C=O) groups excluding carboxylic acids is 1. The second-order valence-corrected chi connectivity index (χ2v) is 3.08. The van der Waals surface area contributed by atoms with E-state index in [1.165, 1.54) is 0 Å². The Kier molecular flexibility index (Phi) is 3.19. The molecule has 0 aliphatic carbocycles. The molecular formula is C10H12FNO2. The fraction of sp³-hybridized carbons (Fsp3) is 0.300. The second kappa shape index (κ2) is 4.19. The van der Waals surface area contributed by atoms with Crippen LogP contribution in [0.1, 0.15) is 22.3 Å². The number of carbonyl (C=O) groups is 1. The van der Waals surface area contributed by atoms with Crippen LogP contribution in [0.25, 0.3) is 0 Å². The molecule has 4 heteroatoms. The first-order valence-electron chi connectivity index (χ1n) is 4.28. The maximum atomic E-state index is 13.2. The maximum Gasteiger partial charge on any atom is 0.167 e. The molecule has 0 aliphatic heterocycles. The van der Waals surface area contributed by atoms with Gasteiger partial charge in [-0.2, -0.15) is 0 Å². The summed E-state index contributed by atoms with van der Waals surface area (Å²) in [5.41, 5.74) is 5.49. The molecule has 0 fully saturated rings. The lowest BCUT2D eigenvalue weighted by molar-refractivity contribution is 0.0981. The molecule has 0 unspecified atom stereocenters. The van der Waals surface area contributed by atoms with E-state index in [1.54, 1.807) is 6.92 Å². The van der Waals surface area contributed by atoms with Crippen molar-refractivity contribution < 1.29 is 14.3 Å². The number of ketones is 1. The fourth-order valence-electron chi connectivity index (χ4n) is 1.14. The van der Waals surface area contributed by atoms with E-state index in [1.807, 2.05) is 0 Å². The third-order valence-electron chi connectivity index (χ3n) is 1.96. The van der Waals surface area contributed by atoms with Crippen molar-refractivity contribution in [3.05, 3.63) is 29.1 Å². The van der Waals surface area contributed by atoms with Gasteiger partial charge in [0, 0.05) is 6.42 Å². The van der Waals surface area contributed by atoms with Crippen LogP contribution in [0.2, 0.25) is 0 Å². The molecule has 1 rings (SSSR count). The molecule has 0 saturated carbocycles. The molecule has 0 aromatic heterocycles. The van der Waals surface area contributed by atoms with Crippen molar-refractivity contribution >= 4 is 5.78 Å². The molecule has 0 amide bonds. The highest BCUT2D eigenvalue weighted by Gasteiger charge is 2.13. The maximum absolute atomic E-state index is 13.2. The van der Waals surface area contributed by atoms with Crippen LogP contribution in [0.3, 0.4) is 0 Å². The third kappa shape index (κ3) is 2.09. The Balaban J connectivity index is 3.09. The van der Waals surface area contributed by atoms with Crippen molar-refractivity contribution in [2.75, 3.05) is 6.54 Å². The number of aryl methyl sites for hydroxylation is 1. The Bertz CT molecular complexity index is 363. The fourth-order valence-corrected chi connectivity index (χ4v) is 1.14. The number of aromatic hydroxyl groups is 1. The Morgan fingerprint density at radius 3 is 2.79 bits per heavy atom. The first kappa shape index (κ1) is 10.7.